The number of aliphatic hydroxyl groups is 1. The molecule has 0 spiro atoms. The van der Waals surface area contributed by atoms with E-state index in [0.717, 1.165) is 17.3 Å². The lowest BCUT2D eigenvalue weighted by atomic mass is 9.96. The van der Waals surface area contributed by atoms with Crippen LogP contribution < -0.4 is 11.1 Å². The Hall–Kier alpha value is -1.07. The molecule has 0 aromatic heterocycles. The van der Waals surface area contributed by atoms with Crippen molar-refractivity contribution in [2.75, 3.05) is 12.3 Å². The van der Waals surface area contributed by atoms with Gasteiger partial charge in [-0.25, -0.2) is 0 Å². The molecule has 1 aromatic carbocycles. The normalized spacial score (nSPS) is 12.5. The van der Waals surface area contributed by atoms with Crippen molar-refractivity contribution in [3.8, 4) is 0 Å². The molecule has 4 nitrogen and oxygen atoms in total. The fourth-order valence-corrected chi connectivity index (χ4v) is 2.55. The van der Waals surface area contributed by atoms with Crippen molar-refractivity contribution in [3.05, 3.63) is 28.2 Å². The van der Waals surface area contributed by atoms with Gasteiger partial charge in [0.25, 0.3) is 5.91 Å². The van der Waals surface area contributed by atoms with Crippen LogP contribution in [0.2, 0.25) is 0 Å². The molecule has 1 unspecified atom stereocenters. The van der Waals surface area contributed by atoms with E-state index in [4.69, 9.17) is 5.73 Å². The van der Waals surface area contributed by atoms with E-state index in [1.54, 1.807) is 18.2 Å². The third-order valence-corrected chi connectivity index (χ3v) is 3.70. The summed E-state index contributed by atoms with van der Waals surface area (Å²) in [6, 6.07) is 5.05. The van der Waals surface area contributed by atoms with E-state index in [0.29, 0.717) is 11.3 Å². The summed E-state index contributed by atoms with van der Waals surface area (Å²) >= 11 is 3.30. The molecule has 0 aliphatic carbocycles. The van der Waals surface area contributed by atoms with Gasteiger partial charge in [-0.3, -0.25) is 4.79 Å². The van der Waals surface area contributed by atoms with Gasteiger partial charge in [0.05, 0.1) is 6.10 Å². The molecule has 0 heterocycles. The van der Waals surface area contributed by atoms with Gasteiger partial charge in [0.2, 0.25) is 0 Å². The van der Waals surface area contributed by atoms with Gasteiger partial charge in [0, 0.05) is 22.3 Å². The highest BCUT2D eigenvalue weighted by molar-refractivity contribution is 9.10. The molecule has 0 aliphatic heterocycles. The number of rotatable bonds is 6. The van der Waals surface area contributed by atoms with Crippen LogP contribution in [0.5, 0.6) is 0 Å². The zero-order valence-electron chi connectivity index (χ0n) is 11.3. The number of anilines is 1. The molecule has 1 atom stereocenters. The monoisotopic (exact) mass is 328 g/mol. The van der Waals surface area contributed by atoms with Crippen molar-refractivity contribution < 1.29 is 9.90 Å². The minimum absolute atomic E-state index is 0.216. The summed E-state index contributed by atoms with van der Waals surface area (Å²) in [4.78, 5) is 12.0. The number of nitrogens with one attached hydrogen (secondary N) is 1. The van der Waals surface area contributed by atoms with Crippen LogP contribution in [0.3, 0.4) is 0 Å². The largest absolute Gasteiger partial charge is 0.399 e. The van der Waals surface area contributed by atoms with Gasteiger partial charge in [0.1, 0.15) is 0 Å². The Morgan fingerprint density at radius 3 is 2.53 bits per heavy atom. The summed E-state index contributed by atoms with van der Waals surface area (Å²) in [6.45, 7) is 4.33. The van der Waals surface area contributed by atoms with E-state index in [2.05, 4.69) is 21.2 Å². The average molecular weight is 329 g/mol. The Bertz CT molecular complexity index is 413. The van der Waals surface area contributed by atoms with Crippen LogP contribution in [0.15, 0.2) is 22.7 Å². The van der Waals surface area contributed by atoms with Gasteiger partial charge in [0.15, 0.2) is 0 Å². The molecule has 19 heavy (non-hydrogen) atoms. The first kappa shape index (κ1) is 16.0. The highest BCUT2D eigenvalue weighted by atomic mass is 79.9. The zero-order valence-corrected chi connectivity index (χ0v) is 12.9. The van der Waals surface area contributed by atoms with Crippen LogP contribution in [0.25, 0.3) is 0 Å². The van der Waals surface area contributed by atoms with Gasteiger partial charge < -0.3 is 16.2 Å². The van der Waals surface area contributed by atoms with E-state index >= 15 is 0 Å². The molecule has 0 saturated heterocycles. The van der Waals surface area contributed by atoms with Crippen LogP contribution in [-0.4, -0.2) is 23.7 Å². The van der Waals surface area contributed by atoms with Gasteiger partial charge >= 0.3 is 0 Å². The first-order valence-electron chi connectivity index (χ1n) is 6.50. The first-order chi connectivity index (χ1) is 8.97. The molecular formula is C14H21BrN2O2. The average Bonchev–Trinajstić information content (AvgIpc) is 2.36. The summed E-state index contributed by atoms with van der Waals surface area (Å²) in [6.07, 6.45) is 1.29. The highest BCUT2D eigenvalue weighted by Crippen LogP contribution is 2.17. The lowest BCUT2D eigenvalue weighted by Gasteiger charge is -2.20. The Balaban J connectivity index is 2.60. The van der Waals surface area contributed by atoms with Crippen molar-refractivity contribution >= 4 is 27.5 Å². The molecular weight excluding hydrogens is 308 g/mol. The summed E-state index contributed by atoms with van der Waals surface area (Å²) in [5.41, 5.74) is 6.70. The number of nitrogen functional groups attached to an aromatic ring is 1. The number of halogens is 1. The van der Waals surface area contributed by atoms with Crippen LogP contribution in [0.4, 0.5) is 5.69 Å². The van der Waals surface area contributed by atoms with E-state index in [1.165, 1.54) is 0 Å². The van der Waals surface area contributed by atoms with Crippen molar-refractivity contribution in [1.82, 2.24) is 5.32 Å². The maximum absolute atomic E-state index is 12.0. The van der Waals surface area contributed by atoms with Crippen molar-refractivity contribution in [2.45, 2.75) is 32.8 Å². The van der Waals surface area contributed by atoms with Gasteiger partial charge in [-0.05, 0) is 24.1 Å². The first-order valence-corrected chi connectivity index (χ1v) is 7.29. The fraction of sp³-hybridized carbons (Fsp3) is 0.500. The lowest BCUT2D eigenvalue weighted by molar-refractivity contribution is 0.0816. The van der Waals surface area contributed by atoms with Crippen molar-refractivity contribution in [1.29, 1.82) is 0 Å². The Morgan fingerprint density at radius 2 is 2.00 bits per heavy atom. The quantitative estimate of drug-likeness (QED) is 0.702. The minimum Gasteiger partial charge on any atom is -0.399 e. The Kier molecular flexibility index (Phi) is 6.31. The molecule has 1 rings (SSSR count). The molecule has 1 amide bonds. The zero-order chi connectivity index (χ0) is 14.4. The second-order valence-electron chi connectivity index (χ2n) is 4.63. The molecule has 0 saturated carbocycles. The molecule has 0 fully saturated rings. The minimum atomic E-state index is -0.511. The number of hydrogen-bond donors (Lipinski definition) is 3. The lowest BCUT2D eigenvalue weighted by Crippen LogP contribution is -2.36. The third-order valence-electron chi connectivity index (χ3n) is 3.25. The van der Waals surface area contributed by atoms with E-state index < -0.39 is 6.10 Å². The van der Waals surface area contributed by atoms with Crippen LogP contribution in [0, 0.1) is 5.92 Å². The molecule has 4 N–H and O–H groups in total. The van der Waals surface area contributed by atoms with Crippen molar-refractivity contribution in [2.24, 2.45) is 5.92 Å². The number of aliphatic hydroxyl groups excluding tert-OH is 1. The van der Waals surface area contributed by atoms with E-state index in [-0.39, 0.29) is 18.4 Å². The predicted octanol–water partition coefficient (Wildman–Crippen LogP) is 2.56. The maximum atomic E-state index is 12.0. The highest BCUT2D eigenvalue weighted by Gasteiger charge is 2.16. The Labute approximate surface area is 122 Å². The van der Waals surface area contributed by atoms with Crippen LogP contribution in [0.1, 0.15) is 37.0 Å². The summed E-state index contributed by atoms with van der Waals surface area (Å²) in [5.74, 6) is -0.00844. The number of amides is 1. The van der Waals surface area contributed by atoms with Crippen molar-refractivity contribution in [3.63, 3.8) is 0 Å². The third kappa shape index (κ3) is 4.84. The number of carbonyl (C=O) groups is 1. The second kappa shape index (κ2) is 7.50. The van der Waals surface area contributed by atoms with E-state index in [9.17, 15) is 9.90 Å². The molecule has 0 aliphatic rings. The predicted molar refractivity (Wildman–Crippen MR) is 81.0 cm³/mol. The van der Waals surface area contributed by atoms with Gasteiger partial charge in [-0.15, -0.1) is 0 Å². The molecule has 0 radical (unpaired) electrons. The van der Waals surface area contributed by atoms with Crippen LogP contribution in [-0.2, 0) is 0 Å². The standard InChI is InChI=1S/C14H21BrN2O2/c1-3-9(4-2)13(18)8-17-14(19)10-5-11(15)7-12(16)6-10/h5-7,9,13,18H,3-4,8,16H2,1-2H3,(H,17,19). The van der Waals surface area contributed by atoms with Gasteiger partial charge in [-0.1, -0.05) is 42.6 Å². The smallest absolute Gasteiger partial charge is 0.251 e. The molecule has 1 aromatic rings. The SMILES string of the molecule is CCC(CC)C(O)CNC(=O)c1cc(N)cc(Br)c1. The maximum Gasteiger partial charge on any atom is 0.251 e. The molecule has 0 bridgehead atoms. The second-order valence-corrected chi connectivity index (χ2v) is 5.54. The Morgan fingerprint density at radius 1 is 1.37 bits per heavy atom. The number of carbonyl (C=O) groups excluding carboxylic acids is 1. The van der Waals surface area contributed by atoms with E-state index in [1.807, 2.05) is 13.8 Å². The topological polar surface area (TPSA) is 75.3 Å². The summed E-state index contributed by atoms with van der Waals surface area (Å²) < 4.78 is 0.762. The molecule has 5 heteroatoms. The molecule has 106 valence electrons. The number of benzene rings is 1. The summed E-state index contributed by atoms with van der Waals surface area (Å²) in [5, 5.41) is 12.7. The summed E-state index contributed by atoms with van der Waals surface area (Å²) in [7, 11) is 0. The number of nitrogens with two attached hydrogens (primary N) is 1. The number of hydrogen-bond acceptors (Lipinski definition) is 3. The fourth-order valence-electron chi connectivity index (χ4n) is 2.04. The van der Waals surface area contributed by atoms with Crippen LogP contribution >= 0.6 is 15.9 Å². The van der Waals surface area contributed by atoms with Gasteiger partial charge in [-0.2, -0.15) is 0 Å².